The normalized spacial score (nSPS) is 16.6. The molecule has 108 valence electrons. The van der Waals surface area contributed by atoms with Crippen LogP contribution in [0.15, 0.2) is 35.8 Å². The van der Waals surface area contributed by atoms with Crippen molar-refractivity contribution in [1.29, 1.82) is 0 Å². The van der Waals surface area contributed by atoms with Gasteiger partial charge in [-0.2, -0.15) is 0 Å². The predicted molar refractivity (Wildman–Crippen MR) is 84.8 cm³/mol. The molecule has 1 aromatic rings. The first kappa shape index (κ1) is 15.2. The molecule has 0 aromatic heterocycles. The first-order valence-electron chi connectivity index (χ1n) is 5.77. The van der Waals surface area contributed by atoms with E-state index in [0.717, 1.165) is 17.8 Å². The van der Waals surface area contributed by atoms with Crippen LogP contribution in [0.1, 0.15) is 5.56 Å². The summed E-state index contributed by atoms with van der Waals surface area (Å²) in [4.78, 5) is 23.9. The number of thiocarbonyl (C=S) groups is 1. The number of phenolic OH excluding ortho intramolecular Hbond substituents is 1. The second-order valence-electron chi connectivity index (χ2n) is 4.08. The minimum Gasteiger partial charge on any atom is -0.507 e. The number of amides is 1. The fraction of sp³-hybridized carbons (Fsp3) is 0.0769. The highest BCUT2D eigenvalue weighted by molar-refractivity contribution is 8.26. The second kappa shape index (κ2) is 6.06. The number of thioether (sulfide) groups is 1. The van der Waals surface area contributed by atoms with Crippen LogP contribution in [0.25, 0.3) is 6.08 Å². The van der Waals surface area contributed by atoms with Crippen molar-refractivity contribution in [2.24, 2.45) is 0 Å². The molecule has 0 radical (unpaired) electrons. The van der Waals surface area contributed by atoms with Crippen molar-refractivity contribution in [2.75, 3.05) is 6.54 Å². The van der Waals surface area contributed by atoms with Gasteiger partial charge < -0.3 is 5.11 Å². The number of benzene rings is 1. The Morgan fingerprint density at radius 3 is 2.81 bits per heavy atom. The molecular formula is C13H10N2O4S2. The van der Waals surface area contributed by atoms with Crippen LogP contribution in [-0.4, -0.2) is 31.7 Å². The summed E-state index contributed by atoms with van der Waals surface area (Å²) in [6, 6.07) is 3.68. The number of carbonyl (C=O) groups excluding carboxylic acids is 1. The maximum absolute atomic E-state index is 12.1. The molecule has 0 aliphatic carbocycles. The highest BCUT2D eigenvalue weighted by Gasteiger charge is 2.31. The fourth-order valence-corrected chi connectivity index (χ4v) is 2.96. The summed E-state index contributed by atoms with van der Waals surface area (Å²) in [5, 5.41) is 20.4. The highest BCUT2D eigenvalue weighted by atomic mass is 32.2. The number of hydrogen-bond acceptors (Lipinski definition) is 6. The number of nitro benzene ring substituents is 1. The minimum atomic E-state index is -0.604. The Hall–Kier alpha value is -2.19. The van der Waals surface area contributed by atoms with Crippen LogP contribution in [0.5, 0.6) is 5.75 Å². The Morgan fingerprint density at radius 1 is 1.52 bits per heavy atom. The lowest BCUT2D eigenvalue weighted by Crippen LogP contribution is -2.27. The molecule has 0 bridgehead atoms. The van der Waals surface area contributed by atoms with Gasteiger partial charge in [0.05, 0.1) is 15.9 Å². The van der Waals surface area contributed by atoms with E-state index in [2.05, 4.69) is 6.58 Å². The van der Waals surface area contributed by atoms with Crippen LogP contribution in [0.3, 0.4) is 0 Å². The molecule has 1 aliphatic rings. The molecule has 1 heterocycles. The first-order valence-corrected chi connectivity index (χ1v) is 7.00. The molecule has 0 spiro atoms. The summed E-state index contributed by atoms with van der Waals surface area (Å²) in [6.45, 7) is 3.87. The zero-order chi connectivity index (χ0) is 15.6. The number of rotatable bonds is 4. The van der Waals surface area contributed by atoms with E-state index in [1.807, 2.05) is 0 Å². The lowest BCUT2D eigenvalue weighted by Gasteiger charge is -2.10. The number of non-ortho nitro benzene ring substituents is 1. The summed E-state index contributed by atoms with van der Waals surface area (Å²) in [5.41, 5.74) is 0.101. The summed E-state index contributed by atoms with van der Waals surface area (Å²) < 4.78 is 0.410. The van der Waals surface area contributed by atoms with Crippen molar-refractivity contribution in [3.8, 4) is 5.75 Å². The fourth-order valence-electron chi connectivity index (χ4n) is 1.70. The molecule has 8 heteroatoms. The number of phenols is 1. The van der Waals surface area contributed by atoms with E-state index in [1.54, 1.807) is 6.08 Å². The van der Waals surface area contributed by atoms with Gasteiger partial charge in [-0.25, -0.2) is 0 Å². The molecule has 1 amide bonds. The third kappa shape index (κ3) is 3.11. The van der Waals surface area contributed by atoms with E-state index in [9.17, 15) is 20.0 Å². The Labute approximate surface area is 129 Å². The van der Waals surface area contributed by atoms with Gasteiger partial charge in [0.1, 0.15) is 10.1 Å². The molecule has 21 heavy (non-hydrogen) atoms. The van der Waals surface area contributed by atoms with E-state index in [0.29, 0.717) is 21.3 Å². The summed E-state index contributed by atoms with van der Waals surface area (Å²) >= 11 is 6.20. The molecule has 0 atom stereocenters. The average Bonchev–Trinajstić information content (AvgIpc) is 2.69. The van der Waals surface area contributed by atoms with Gasteiger partial charge in [-0.05, 0) is 12.1 Å². The van der Waals surface area contributed by atoms with Crippen LogP contribution >= 0.6 is 24.0 Å². The van der Waals surface area contributed by atoms with Gasteiger partial charge in [0.15, 0.2) is 0 Å². The van der Waals surface area contributed by atoms with Gasteiger partial charge in [-0.1, -0.05) is 30.1 Å². The smallest absolute Gasteiger partial charge is 0.273 e. The monoisotopic (exact) mass is 322 g/mol. The second-order valence-corrected chi connectivity index (χ2v) is 5.76. The predicted octanol–water partition coefficient (Wildman–Crippen LogP) is 2.69. The van der Waals surface area contributed by atoms with Crippen molar-refractivity contribution < 1.29 is 14.8 Å². The Morgan fingerprint density at radius 2 is 2.24 bits per heavy atom. The molecule has 1 fully saturated rings. The van der Waals surface area contributed by atoms with Gasteiger partial charge in [0, 0.05) is 18.2 Å². The number of aromatic hydroxyl groups is 1. The molecule has 2 rings (SSSR count). The van der Waals surface area contributed by atoms with Gasteiger partial charge in [0.25, 0.3) is 11.6 Å². The average molecular weight is 322 g/mol. The van der Waals surface area contributed by atoms with Crippen LogP contribution < -0.4 is 0 Å². The Bertz CT molecular complexity index is 685. The van der Waals surface area contributed by atoms with Gasteiger partial charge in [-0.15, -0.1) is 6.58 Å². The van der Waals surface area contributed by atoms with Crippen LogP contribution in [-0.2, 0) is 4.79 Å². The summed E-state index contributed by atoms with van der Waals surface area (Å²) in [7, 11) is 0. The number of nitro groups is 1. The van der Waals surface area contributed by atoms with Crippen LogP contribution in [0.4, 0.5) is 5.69 Å². The zero-order valence-electron chi connectivity index (χ0n) is 10.7. The van der Waals surface area contributed by atoms with Crippen molar-refractivity contribution in [3.05, 3.63) is 51.4 Å². The first-order chi connectivity index (χ1) is 9.93. The molecular weight excluding hydrogens is 312 g/mol. The molecule has 1 saturated heterocycles. The number of hydrogen-bond donors (Lipinski definition) is 1. The van der Waals surface area contributed by atoms with Crippen molar-refractivity contribution in [1.82, 2.24) is 4.90 Å². The largest absolute Gasteiger partial charge is 0.507 e. The zero-order valence-corrected chi connectivity index (χ0v) is 12.3. The van der Waals surface area contributed by atoms with E-state index >= 15 is 0 Å². The van der Waals surface area contributed by atoms with Crippen LogP contribution in [0.2, 0.25) is 0 Å². The summed E-state index contributed by atoms with van der Waals surface area (Å²) in [5.74, 6) is -0.541. The number of carbonyl (C=O) groups is 1. The van der Waals surface area contributed by atoms with E-state index in [4.69, 9.17) is 12.2 Å². The van der Waals surface area contributed by atoms with E-state index in [1.165, 1.54) is 23.1 Å². The molecule has 1 N–H and O–H groups in total. The molecule has 6 nitrogen and oxygen atoms in total. The Balaban J connectivity index is 2.32. The van der Waals surface area contributed by atoms with E-state index in [-0.39, 0.29) is 17.3 Å². The quantitative estimate of drug-likeness (QED) is 0.302. The summed E-state index contributed by atoms with van der Waals surface area (Å²) in [6.07, 6.45) is 3.03. The standard InChI is InChI=1S/C13H10N2O4S2/c1-2-5-14-12(17)11(21-13(14)20)6-8-3-4-9(15(18)19)7-10(8)16/h2-4,6-7,16H,1,5H2/b11-6-. The maximum atomic E-state index is 12.1. The minimum absolute atomic E-state index is 0.219. The third-order valence-corrected chi connectivity index (χ3v) is 4.07. The SMILES string of the molecule is C=CCN1C(=O)/C(=C/c2ccc([N+](=O)[O-])cc2O)SC1=S. The molecule has 0 saturated carbocycles. The van der Waals surface area contributed by atoms with Crippen LogP contribution in [0, 0.1) is 10.1 Å². The lowest BCUT2D eigenvalue weighted by molar-refractivity contribution is -0.384. The van der Waals surface area contributed by atoms with Crippen molar-refractivity contribution >= 4 is 46.0 Å². The molecule has 0 unspecified atom stereocenters. The van der Waals surface area contributed by atoms with Gasteiger partial charge >= 0.3 is 0 Å². The number of nitrogens with zero attached hydrogens (tertiary/aromatic N) is 2. The van der Waals surface area contributed by atoms with Crippen molar-refractivity contribution in [2.45, 2.75) is 0 Å². The third-order valence-electron chi connectivity index (χ3n) is 2.70. The van der Waals surface area contributed by atoms with Crippen molar-refractivity contribution in [3.63, 3.8) is 0 Å². The maximum Gasteiger partial charge on any atom is 0.273 e. The Kier molecular flexibility index (Phi) is 4.39. The van der Waals surface area contributed by atoms with E-state index < -0.39 is 4.92 Å². The topological polar surface area (TPSA) is 83.7 Å². The molecule has 1 aromatic carbocycles. The van der Waals surface area contributed by atoms with Gasteiger partial charge in [0.2, 0.25) is 0 Å². The lowest BCUT2D eigenvalue weighted by atomic mass is 10.1. The highest BCUT2D eigenvalue weighted by Crippen LogP contribution is 2.34. The molecule has 1 aliphatic heterocycles. The van der Waals surface area contributed by atoms with Gasteiger partial charge in [-0.3, -0.25) is 19.8 Å².